The van der Waals surface area contributed by atoms with Crippen molar-refractivity contribution in [2.24, 2.45) is 5.92 Å². The summed E-state index contributed by atoms with van der Waals surface area (Å²) in [6, 6.07) is 0. The van der Waals surface area contributed by atoms with Crippen LogP contribution in [0.4, 0.5) is 0 Å². The van der Waals surface area contributed by atoms with Crippen LogP contribution in [0, 0.1) is 5.92 Å². The first-order valence-corrected chi connectivity index (χ1v) is 4.21. The van der Waals surface area contributed by atoms with Gasteiger partial charge >= 0.3 is 0 Å². The van der Waals surface area contributed by atoms with Gasteiger partial charge in [0.25, 0.3) is 0 Å². The molecule has 0 bridgehead atoms. The van der Waals surface area contributed by atoms with E-state index in [1.54, 1.807) is 6.08 Å². The lowest BCUT2D eigenvalue weighted by molar-refractivity contribution is 0.00941. The highest BCUT2D eigenvalue weighted by atomic mass is 16.5. The van der Waals surface area contributed by atoms with Crippen LogP contribution in [0.3, 0.4) is 0 Å². The van der Waals surface area contributed by atoms with Crippen molar-refractivity contribution >= 4 is 0 Å². The molecule has 64 valence electrons. The Bertz CT molecular complexity index is 117. The summed E-state index contributed by atoms with van der Waals surface area (Å²) in [6.45, 7) is 5.21. The molecule has 2 heteroatoms. The molecule has 1 fully saturated rings. The van der Waals surface area contributed by atoms with E-state index < -0.39 is 0 Å². The molecule has 1 aliphatic heterocycles. The van der Waals surface area contributed by atoms with Crippen molar-refractivity contribution in [1.29, 1.82) is 0 Å². The fourth-order valence-corrected chi connectivity index (χ4v) is 1.46. The lowest BCUT2D eigenvalue weighted by atomic mass is 9.92. The Morgan fingerprint density at radius 3 is 2.73 bits per heavy atom. The number of rotatable bonds is 3. The van der Waals surface area contributed by atoms with Crippen molar-refractivity contribution in [2.45, 2.75) is 25.4 Å². The van der Waals surface area contributed by atoms with Crippen LogP contribution in [-0.2, 0) is 4.74 Å². The second kappa shape index (κ2) is 4.52. The molecule has 1 saturated heterocycles. The molecule has 1 heterocycles. The van der Waals surface area contributed by atoms with Crippen LogP contribution in [0.2, 0.25) is 0 Å². The van der Waals surface area contributed by atoms with E-state index >= 15 is 0 Å². The van der Waals surface area contributed by atoms with Crippen LogP contribution < -0.4 is 0 Å². The molecular formula is C9H16O2. The predicted molar refractivity (Wildman–Crippen MR) is 44.4 cm³/mol. The molecule has 0 aliphatic carbocycles. The second-order valence-electron chi connectivity index (χ2n) is 3.04. The summed E-state index contributed by atoms with van der Waals surface area (Å²) in [5, 5.41) is 9.55. The van der Waals surface area contributed by atoms with Crippen LogP contribution in [-0.4, -0.2) is 24.4 Å². The zero-order chi connectivity index (χ0) is 8.10. The zero-order valence-electron chi connectivity index (χ0n) is 6.83. The first-order chi connectivity index (χ1) is 5.34. The van der Waals surface area contributed by atoms with Crippen molar-refractivity contribution in [3.05, 3.63) is 12.7 Å². The molecule has 0 radical (unpaired) electrons. The minimum Gasteiger partial charge on any atom is -0.393 e. The van der Waals surface area contributed by atoms with Crippen molar-refractivity contribution in [3.63, 3.8) is 0 Å². The van der Waals surface area contributed by atoms with Crippen LogP contribution >= 0.6 is 0 Å². The molecule has 0 aromatic heterocycles. The van der Waals surface area contributed by atoms with Crippen molar-refractivity contribution in [2.75, 3.05) is 13.2 Å². The summed E-state index contributed by atoms with van der Waals surface area (Å²) in [6.07, 6.45) is 4.28. The topological polar surface area (TPSA) is 29.5 Å². The van der Waals surface area contributed by atoms with E-state index in [1.807, 2.05) is 0 Å². The summed E-state index contributed by atoms with van der Waals surface area (Å²) in [4.78, 5) is 0. The predicted octanol–water partition coefficient (Wildman–Crippen LogP) is 1.35. The maximum atomic E-state index is 9.55. The number of hydrogen-bond acceptors (Lipinski definition) is 2. The minimum atomic E-state index is -0.198. The maximum absolute atomic E-state index is 9.55. The van der Waals surface area contributed by atoms with E-state index in [0.29, 0.717) is 12.3 Å². The van der Waals surface area contributed by atoms with E-state index in [2.05, 4.69) is 6.58 Å². The van der Waals surface area contributed by atoms with E-state index in [1.165, 1.54) is 0 Å². The molecule has 1 N–H and O–H groups in total. The summed E-state index contributed by atoms with van der Waals surface area (Å²) in [5.41, 5.74) is 0. The average Bonchev–Trinajstić information content (AvgIpc) is 2.07. The molecule has 0 amide bonds. The molecule has 2 nitrogen and oxygen atoms in total. The van der Waals surface area contributed by atoms with E-state index in [9.17, 15) is 5.11 Å². The Balaban J connectivity index is 2.26. The number of hydrogen-bond donors (Lipinski definition) is 1. The number of aliphatic hydroxyl groups is 1. The Hall–Kier alpha value is -0.340. The lowest BCUT2D eigenvalue weighted by Crippen LogP contribution is -2.26. The standard InChI is InChI=1S/C9H16O2/c1-2-3-9(10)8-4-6-11-7-5-8/h2,8-10H,1,3-7H2/t9-/m0/s1. The summed E-state index contributed by atoms with van der Waals surface area (Å²) < 4.78 is 5.19. The first-order valence-electron chi connectivity index (χ1n) is 4.21. The summed E-state index contributed by atoms with van der Waals surface area (Å²) in [7, 11) is 0. The van der Waals surface area contributed by atoms with Crippen LogP contribution in [0.25, 0.3) is 0 Å². The van der Waals surface area contributed by atoms with Crippen molar-refractivity contribution in [3.8, 4) is 0 Å². The van der Waals surface area contributed by atoms with Gasteiger partial charge in [0.2, 0.25) is 0 Å². The Kier molecular flexibility index (Phi) is 3.60. The number of aliphatic hydroxyl groups excluding tert-OH is 1. The third-order valence-electron chi connectivity index (χ3n) is 2.22. The normalized spacial score (nSPS) is 23.0. The highest BCUT2D eigenvalue weighted by Gasteiger charge is 2.20. The molecular weight excluding hydrogens is 140 g/mol. The molecule has 11 heavy (non-hydrogen) atoms. The minimum absolute atomic E-state index is 0.198. The highest BCUT2D eigenvalue weighted by molar-refractivity contribution is 4.79. The van der Waals surface area contributed by atoms with E-state index in [4.69, 9.17) is 4.74 Å². The molecule has 1 aliphatic rings. The number of ether oxygens (including phenoxy) is 1. The third kappa shape index (κ3) is 2.64. The van der Waals surface area contributed by atoms with Gasteiger partial charge in [-0.25, -0.2) is 0 Å². The SMILES string of the molecule is C=CC[C@H](O)C1CCOCC1. The second-order valence-corrected chi connectivity index (χ2v) is 3.04. The van der Waals surface area contributed by atoms with Gasteiger partial charge in [-0.3, -0.25) is 0 Å². The van der Waals surface area contributed by atoms with Crippen molar-refractivity contribution < 1.29 is 9.84 Å². The first kappa shape index (κ1) is 8.75. The quantitative estimate of drug-likeness (QED) is 0.625. The monoisotopic (exact) mass is 156 g/mol. The summed E-state index contributed by atoms with van der Waals surface area (Å²) in [5.74, 6) is 0.432. The molecule has 0 unspecified atom stereocenters. The smallest absolute Gasteiger partial charge is 0.0604 e. The van der Waals surface area contributed by atoms with Gasteiger partial charge in [-0.2, -0.15) is 0 Å². The van der Waals surface area contributed by atoms with Gasteiger partial charge in [0.05, 0.1) is 6.10 Å². The van der Waals surface area contributed by atoms with Crippen LogP contribution in [0.1, 0.15) is 19.3 Å². The Labute approximate surface area is 67.9 Å². The third-order valence-corrected chi connectivity index (χ3v) is 2.22. The Morgan fingerprint density at radius 1 is 1.55 bits per heavy atom. The molecule has 1 rings (SSSR count). The zero-order valence-corrected chi connectivity index (χ0v) is 6.83. The summed E-state index contributed by atoms with van der Waals surface area (Å²) >= 11 is 0. The van der Waals surface area contributed by atoms with Gasteiger partial charge in [0.1, 0.15) is 0 Å². The van der Waals surface area contributed by atoms with Gasteiger partial charge in [-0.1, -0.05) is 6.08 Å². The molecule has 0 aromatic rings. The fourth-order valence-electron chi connectivity index (χ4n) is 1.46. The van der Waals surface area contributed by atoms with Crippen LogP contribution in [0.15, 0.2) is 12.7 Å². The van der Waals surface area contributed by atoms with Gasteiger partial charge in [0, 0.05) is 13.2 Å². The van der Waals surface area contributed by atoms with Crippen LogP contribution in [0.5, 0.6) is 0 Å². The Morgan fingerprint density at radius 2 is 2.18 bits per heavy atom. The maximum Gasteiger partial charge on any atom is 0.0604 e. The molecule has 0 spiro atoms. The van der Waals surface area contributed by atoms with E-state index in [-0.39, 0.29) is 6.10 Å². The van der Waals surface area contributed by atoms with Crippen molar-refractivity contribution in [1.82, 2.24) is 0 Å². The molecule has 1 atom stereocenters. The fraction of sp³-hybridized carbons (Fsp3) is 0.778. The highest BCUT2D eigenvalue weighted by Crippen LogP contribution is 2.20. The van der Waals surface area contributed by atoms with Gasteiger partial charge in [-0.05, 0) is 25.2 Å². The largest absolute Gasteiger partial charge is 0.393 e. The van der Waals surface area contributed by atoms with E-state index in [0.717, 1.165) is 26.1 Å². The molecule has 0 aromatic carbocycles. The molecule has 0 saturated carbocycles. The average molecular weight is 156 g/mol. The van der Waals surface area contributed by atoms with Gasteiger partial charge < -0.3 is 9.84 Å². The lowest BCUT2D eigenvalue weighted by Gasteiger charge is -2.25. The van der Waals surface area contributed by atoms with Gasteiger partial charge in [0.15, 0.2) is 0 Å². The van der Waals surface area contributed by atoms with Gasteiger partial charge in [-0.15, -0.1) is 6.58 Å².